The molecular formula is C16H24BrN3. The molecule has 2 fully saturated rings. The molecule has 2 aliphatic rings. The van der Waals surface area contributed by atoms with E-state index in [0.717, 1.165) is 29.6 Å². The van der Waals surface area contributed by atoms with Crippen molar-refractivity contribution in [1.29, 1.82) is 0 Å². The molecule has 2 saturated heterocycles. The normalized spacial score (nSPS) is 27.5. The highest BCUT2D eigenvalue weighted by atomic mass is 79.9. The van der Waals surface area contributed by atoms with Crippen LogP contribution in [-0.2, 0) is 0 Å². The minimum absolute atomic E-state index is 0.786. The number of hydrogen-bond acceptors (Lipinski definition) is 3. The highest BCUT2D eigenvalue weighted by Crippen LogP contribution is 2.28. The van der Waals surface area contributed by atoms with Gasteiger partial charge in [-0.15, -0.1) is 0 Å². The van der Waals surface area contributed by atoms with E-state index in [1.54, 1.807) is 0 Å². The van der Waals surface area contributed by atoms with Crippen LogP contribution in [0, 0.1) is 0 Å². The molecule has 4 heteroatoms. The van der Waals surface area contributed by atoms with Crippen LogP contribution in [0.15, 0.2) is 28.7 Å². The highest BCUT2D eigenvalue weighted by Gasteiger charge is 2.34. The molecule has 2 unspecified atom stereocenters. The Labute approximate surface area is 130 Å². The molecule has 2 bridgehead atoms. The van der Waals surface area contributed by atoms with Gasteiger partial charge in [0, 0.05) is 41.9 Å². The van der Waals surface area contributed by atoms with Crippen molar-refractivity contribution in [2.24, 2.45) is 0 Å². The maximum atomic E-state index is 3.52. The summed E-state index contributed by atoms with van der Waals surface area (Å²) in [5.74, 6) is 0. The van der Waals surface area contributed by atoms with E-state index < -0.39 is 0 Å². The molecule has 110 valence electrons. The Morgan fingerprint density at radius 3 is 2.95 bits per heavy atom. The molecule has 3 nitrogen and oxygen atoms in total. The number of anilines is 1. The van der Waals surface area contributed by atoms with E-state index in [4.69, 9.17) is 0 Å². The Balaban J connectivity index is 1.47. The van der Waals surface area contributed by atoms with Crippen molar-refractivity contribution in [3.63, 3.8) is 0 Å². The lowest BCUT2D eigenvalue weighted by Gasteiger charge is -2.25. The Bertz CT molecular complexity index is 451. The summed E-state index contributed by atoms with van der Waals surface area (Å²) in [7, 11) is 2.31. The van der Waals surface area contributed by atoms with Gasteiger partial charge in [-0.1, -0.05) is 22.0 Å². The van der Waals surface area contributed by atoms with Gasteiger partial charge in [-0.3, -0.25) is 9.80 Å². The van der Waals surface area contributed by atoms with E-state index in [1.807, 2.05) is 0 Å². The van der Waals surface area contributed by atoms with E-state index in [-0.39, 0.29) is 0 Å². The predicted molar refractivity (Wildman–Crippen MR) is 88.3 cm³/mol. The lowest BCUT2D eigenvalue weighted by molar-refractivity contribution is 0.223. The molecule has 0 aromatic heterocycles. The summed E-state index contributed by atoms with van der Waals surface area (Å²) in [4.78, 5) is 5.24. The Hall–Kier alpha value is -0.580. The van der Waals surface area contributed by atoms with Gasteiger partial charge in [-0.2, -0.15) is 0 Å². The third kappa shape index (κ3) is 3.35. The highest BCUT2D eigenvalue weighted by molar-refractivity contribution is 9.10. The van der Waals surface area contributed by atoms with Gasteiger partial charge >= 0.3 is 0 Å². The van der Waals surface area contributed by atoms with Crippen LogP contribution in [0.4, 0.5) is 5.69 Å². The molecule has 0 aliphatic carbocycles. The number of hydrogen-bond donors (Lipinski definition) is 1. The van der Waals surface area contributed by atoms with Crippen LogP contribution in [0.3, 0.4) is 0 Å². The van der Waals surface area contributed by atoms with Crippen molar-refractivity contribution in [2.75, 3.05) is 38.5 Å². The van der Waals surface area contributed by atoms with Gasteiger partial charge in [-0.25, -0.2) is 0 Å². The largest absolute Gasteiger partial charge is 0.384 e. The van der Waals surface area contributed by atoms with Crippen LogP contribution in [-0.4, -0.2) is 55.1 Å². The van der Waals surface area contributed by atoms with Crippen molar-refractivity contribution in [3.8, 4) is 0 Å². The van der Waals surface area contributed by atoms with Gasteiger partial charge < -0.3 is 5.32 Å². The molecule has 20 heavy (non-hydrogen) atoms. The first kappa shape index (κ1) is 14.4. The SMILES string of the molecule is CN1C2CCC1CN(CCNc1cccc(Br)c1)CC2. The molecule has 2 heterocycles. The summed E-state index contributed by atoms with van der Waals surface area (Å²) < 4.78 is 1.14. The molecular weight excluding hydrogens is 314 g/mol. The topological polar surface area (TPSA) is 18.5 Å². The quantitative estimate of drug-likeness (QED) is 0.910. The second kappa shape index (κ2) is 6.46. The van der Waals surface area contributed by atoms with E-state index >= 15 is 0 Å². The monoisotopic (exact) mass is 337 g/mol. The zero-order valence-electron chi connectivity index (χ0n) is 12.2. The summed E-state index contributed by atoms with van der Waals surface area (Å²) in [6.07, 6.45) is 4.13. The van der Waals surface area contributed by atoms with Crippen LogP contribution in [0.1, 0.15) is 19.3 Å². The van der Waals surface area contributed by atoms with E-state index in [2.05, 4.69) is 62.4 Å². The summed E-state index contributed by atoms with van der Waals surface area (Å²) in [6.45, 7) is 4.67. The Kier molecular flexibility index (Phi) is 4.64. The number of benzene rings is 1. The first-order valence-electron chi connectivity index (χ1n) is 7.66. The molecule has 0 amide bonds. The van der Waals surface area contributed by atoms with Gasteiger partial charge in [0.05, 0.1) is 0 Å². The zero-order chi connectivity index (χ0) is 13.9. The molecule has 1 N–H and O–H groups in total. The molecule has 3 rings (SSSR count). The second-order valence-electron chi connectivity index (χ2n) is 6.08. The number of likely N-dealkylation sites (tertiary alicyclic amines) is 1. The number of likely N-dealkylation sites (N-methyl/N-ethyl adjacent to an activating group) is 1. The predicted octanol–water partition coefficient (Wildman–Crippen LogP) is 3.03. The number of rotatable bonds is 4. The lowest BCUT2D eigenvalue weighted by Crippen LogP contribution is -2.38. The van der Waals surface area contributed by atoms with Crippen LogP contribution in [0.25, 0.3) is 0 Å². The van der Waals surface area contributed by atoms with Crippen LogP contribution in [0.2, 0.25) is 0 Å². The van der Waals surface area contributed by atoms with Gasteiger partial charge in [0.15, 0.2) is 0 Å². The fourth-order valence-electron chi connectivity index (χ4n) is 3.54. The first-order valence-corrected chi connectivity index (χ1v) is 8.45. The second-order valence-corrected chi connectivity index (χ2v) is 6.99. The van der Waals surface area contributed by atoms with Gasteiger partial charge in [0.25, 0.3) is 0 Å². The van der Waals surface area contributed by atoms with Crippen molar-refractivity contribution < 1.29 is 0 Å². The van der Waals surface area contributed by atoms with Gasteiger partial charge in [0.1, 0.15) is 0 Å². The summed E-state index contributed by atoms with van der Waals surface area (Å²) in [5.41, 5.74) is 1.20. The lowest BCUT2D eigenvalue weighted by atomic mass is 10.1. The minimum Gasteiger partial charge on any atom is -0.384 e. The summed E-state index contributed by atoms with van der Waals surface area (Å²) >= 11 is 3.51. The van der Waals surface area contributed by atoms with E-state index in [0.29, 0.717) is 0 Å². The first-order chi connectivity index (χ1) is 9.72. The Morgan fingerprint density at radius 1 is 1.25 bits per heavy atom. The molecule has 2 aliphatic heterocycles. The molecule has 0 spiro atoms. The molecule has 0 saturated carbocycles. The van der Waals surface area contributed by atoms with Crippen LogP contribution >= 0.6 is 15.9 Å². The fourth-order valence-corrected chi connectivity index (χ4v) is 3.94. The molecule has 0 radical (unpaired) electrons. The summed E-state index contributed by atoms with van der Waals surface area (Å²) in [5, 5.41) is 3.52. The minimum atomic E-state index is 0.786. The maximum absolute atomic E-state index is 3.52. The van der Waals surface area contributed by atoms with Crippen molar-refractivity contribution in [2.45, 2.75) is 31.3 Å². The Morgan fingerprint density at radius 2 is 2.10 bits per heavy atom. The van der Waals surface area contributed by atoms with Crippen molar-refractivity contribution >= 4 is 21.6 Å². The van der Waals surface area contributed by atoms with Crippen molar-refractivity contribution in [3.05, 3.63) is 28.7 Å². The molecule has 1 aromatic carbocycles. The third-order valence-electron chi connectivity index (χ3n) is 4.81. The zero-order valence-corrected chi connectivity index (χ0v) is 13.8. The van der Waals surface area contributed by atoms with Gasteiger partial charge in [-0.05, 0) is 51.1 Å². The van der Waals surface area contributed by atoms with E-state index in [9.17, 15) is 0 Å². The van der Waals surface area contributed by atoms with Crippen LogP contribution < -0.4 is 5.32 Å². The maximum Gasteiger partial charge on any atom is 0.0351 e. The van der Waals surface area contributed by atoms with Gasteiger partial charge in [0.2, 0.25) is 0 Å². The smallest absolute Gasteiger partial charge is 0.0351 e. The standard InChI is InChI=1S/C16H24BrN3/c1-19-15-5-6-16(19)12-20(9-7-15)10-8-18-14-4-2-3-13(17)11-14/h2-4,11,15-16,18H,5-10,12H2,1H3. The number of nitrogens with zero attached hydrogens (tertiary/aromatic N) is 2. The fraction of sp³-hybridized carbons (Fsp3) is 0.625. The average Bonchev–Trinajstić information content (AvgIpc) is 2.66. The number of fused-ring (bicyclic) bond motifs is 2. The third-order valence-corrected chi connectivity index (χ3v) is 5.31. The average molecular weight is 338 g/mol. The van der Waals surface area contributed by atoms with E-state index in [1.165, 1.54) is 38.0 Å². The molecule has 1 aromatic rings. The number of nitrogens with one attached hydrogen (secondary N) is 1. The number of halogens is 1. The van der Waals surface area contributed by atoms with Crippen LogP contribution in [0.5, 0.6) is 0 Å². The molecule has 2 atom stereocenters. The van der Waals surface area contributed by atoms with Crippen molar-refractivity contribution in [1.82, 2.24) is 9.80 Å². The summed E-state index contributed by atoms with van der Waals surface area (Å²) in [6, 6.07) is 10.0.